The van der Waals surface area contributed by atoms with Crippen LogP contribution in [0.15, 0.2) is 16.6 Å². The number of hydrogen-bond donors (Lipinski definition) is 1. The zero-order valence-electron chi connectivity index (χ0n) is 12.6. The SMILES string of the molecule is CNC(c1cc(Br)c(C)cc1OC)C1C2CCCCC21. The second-order valence-electron chi connectivity index (χ2n) is 6.30. The number of fused-ring (bicyclic) bond motifs is 1. The molecule has 0 amide bonds. The molecule has 3 rings (SSSR count). The van der Waals surface area contributed by atoms with Gasteiger partial charge in [-0.1, -0.05) is 28.8 Å². The molecule has 0 aromatic heterocycles. The van der Waals surface area contributed by atoms with Gasteiger partial charge in [-0.25, -0.2) is 0 Å². The highest BCUT2D eigenvalue weighted by Crippen LogP contribution is 2.61. The standard InChI is InChI=1S/C17H24BrNO/c1-10-8-15(20-3)13(9-14(10)18)17(19-2)16-11-6-4-5-7-12(11)16/h8-9,11-12,16-17,19H,4-7H2,1-3H3. The van der Waals surface area contributed by atoms with Crippen LogP contribution in [0.4, 0.5) is 0 Å². The summed E-state index contributed by atoms with van der Waals surface area (Å²) >= 11 is 3.67. The van der Waals surface area contributed by atoms with Crippen LogP contribution in [-0.2, 0) is 0 Å². The van der Waals surface area contributed by atoms with Crippen molar-refractivity contribution in [2.24, 2.45) is 17.8 Å². The minimum atomic E-state index is 0.426. The van der Waals surface area contributed by atoms with E-state index < -0.39 is 0 Å². The van der Waals surface area contributed by atoms with Crippen LogP contribution in [0.2, 0.25) is 0 Å². The Morgan fingerprint density at radius 3 is 2.45 bits per heavy atom. The van der Waals surface area contributed by atoms with Crippen LogP contribution in [0.3, 0.4) is 0 Å². The fourth-order valence-corrected chi connectivity index (χ4v) is 4.55. The number of ether oxygens (including phenoxy) is 1. The molecule has 3 heteroatoms. The van der Waals surface area contributed by atoms with Crippen LogP contribution in [0.1, 0.15) is 42.9 Å². The molecule has 0 spiro atoms. The summed E-state index contributed by atoms with van der Waals surface area (Å²) in [5, 5.41) is 3.56. The van der Waals surface area contributed by atoms with Gasteiger partial charge in [0, 0.05) is 16.1 Å². The van der Waals surface area contributed by atoms with Crippen molar-refractivity contribution in [2.45, 2.75) is 38.6 Å². The number of benzene rings is 1. The molecule has 2 nitrogen and oxygen atoms in total. The highest BCUT2D eigenvalue weighted by Gasteiger charge is 2.54. The van der Waals surface area contributed by atoms with E-state index in [-0.39, 0.29) is 0 Å². The molecule has 0 heterocycles. The summed E-state index contributed by atoms with van der Waals surface area (Å²) in [4.78, 5) is 0. The zero-order valence-corrected chi connectivity index (χ0v) is 14.2. The van der Waals surface area contributed by atoms with Crippen molar-refractivity contribution in [2.75, 3.05) is 14.2 Å². The Kier molecular flexibility index (Phi) is 4.09. The molecule has 3 unspecified atom stereocenters. The third-order valence-electron chi connectivity index (χ3n) is 5.26. The molecule has 3 atom stereocenters. The van der Waals surface area contributed by atoms with E-state index in [9.17, 15) is 0 Å². The minimum Gasteiger partial charge on any atom is -0.496 e. The lowest BCUT2D eigenvalue weighted by Crippen LogP contribution is -2.20. The summed E-state index contributed by atoms with van der Waals surface area (Å²) in [6, 6.07) is 4.82. The highest BCUT2D eigenvalue weighted by molar-refractivity contribution is 9.10. The Bertz CT molecular complexity index is 490. The van der Waals surface area contributed by atoms with Crippen molar-refractivity contribution >= 4 is 15.9 Å². The summed E-state index contributed by atoms with van der Waals surface area (Å²) in [6.45, 7) is 2.11. The van der Waals surface area contributed by atoms with Crippen molar-refractivity contribution in [3.63, 3.8) is 0 Å². The van der Waals surface area contributed by atoms with Gasteiger partial charge in [-0.2, -0.15) is 0 Å². The van der Waals surface area contributed by atoms with Gasteiger partial charge in [-0.3, -0.25) is 0 Å². The molecule has 110 valence electrons. The predicted octanol–water partition coefficient (Wildman–Crippen LogP) is 4.46. The molecule has 0 saturated heterocycles. The summed E-state index contributed by atoms with van der Waals surface area (Å²) < 4.78 is 6.81. The maximum Gasteiger partial charge on any atom is 0.123 e. The molecular weight excluding hydrogens is 314 g/mol. The molecule has 2 aliphatic rings. The number of halogens is 1. The van der Waals surface area contributed by atoms with Gasteiger partial charge >= 0.3 is 0 Å². The Labute approximate surface area is 130 Å². The van der Waals surface area contributed by atoms with E-state index >= 15 is 0 Å². The topological polar surface area (TPSA) is 21.3 Å². The van der Waals surface area contributed by atoms with E-state index in [1.807, 2.05) is 0 Å². The normalized spacial score (nSPS) is 29.7. The summed E-state index contributed by atoms with van der Waals surface area (Å²) in [6.07, 6.45) is 5.68. The smallest absolute Gasteiger partial charge is 0.123 e. The Morgan fingerprint density at radius 2 is 1.90 bits per heavy atom. The lowest BCUT2D eigenvalue weighted by Gasteiger charge is -2.21. The summed E-state index contributed by atoms with van der Waals surface area (Å²) in [5.41, 5.74) is 2.54. The van der Waals surface area contributed by atoms with Gasteiger partial charge in [0.15, 0.2) is 0 Å². The van der Waals surface area contributed by atoms with Crippen LogP contribution >= 0.6 is 15.9 Å². The number of nitrogens with one attached hydrogen (secondary N) is 1. The molecule has 1 aromatic rings. The third-order valence-corrected chi connectivity index (χ3v) is 6.12. The van der Waals surface area contributed by atoms with E-state index in [0.717, 1.165) is 23.5 Å². The lowest BCUT2D eigenvalue weighted by atomic mass is 9.97. The monoisotopic (exact) mass is 337 g/mol. The van der Waals surface area contributed by atoms with Crippen LogP contribution in [0, 0.1) is 24.7 Å². The van der Waals surface area contributed by atoms with Crippen molar-refractivity contribution in [3.8, 4) is 5.75 Å². The van der Waals surface area contributed by atoms with E-state index in [0.29, 0.717) is 6.04 Å². The zero-order chi connectivity index (χ0) is 14.3. The molecule has 2 aliphatic carbocycles. The van der Waals surface area contributed by atoms with Gasteiger partial charge in [0.05, 0.1) is 7.11 Å². The van der Waals surface area contributed by atoms with Crippen LogP contribution in [0.5, 0.6) is 5.75 Å². The van der Waals surface area contributed by atoms with Crippen LogP contribution in [-0.4, -0.2) is 14.2 Å². The van der Waals surface area contributed by atoms with E-state index in [2.05, 4.69) is 47.4 Å². The predicted molar refractivity (Wildman–Crippen MR) is 86.2 cm³/mol. The van der Waals surface area contributed by atoms with E-state index in [1.54, 1.807) is 7.11 Å². The summed E-state index contributed by atoms with van der Waals surface area (Å²) in [5.74, 6) is 3.69. The maximum atomic E-state index is 5.63. The average molecular weight is 338 g/mol. The maximum absolute atomic E-state index is 5.63. The summed E-state index contributed by atoms with van der Waals surface area (Å²) in [7, 11) is 3.86. The number of aryl methyl sites for hydroxylation is 1. The molecule has 1 N–H and O–H groups in total. The molecule has 0 bridgehead atoms. The Balaban J connectivity index is 1.91. The Morgan fingerprint density at radius 1 is 1.25 bits per heavy atom. The van der Waals surface area contributed by atoms with Crippen LogP contribution < -0.4 is 10.1 Å². The van der Waals surface area contributed by atoms with Crippen molar-refractivity contribution in [1.29, 1.82) is 0 Å². The quantitative estimate of drug-likeness (QED) is 0.875. The van der Waals surface area contributed by atoms with Gasteiger partial charge in [-0.15, -0.1) is 0 Å². The van der Waals surface area contributed by atoms with Gasteiger partial charge < -0.3 is 10.1 Å². The fraction of sp³-hybridized carbons (Fsp3) is 0.647. The number of methoxy groups -OCH3 is 1. The number of rotatable bonds is 4. The molecule has 0 radical (unpaired) electrons. The van der Waals surface area contributed by atoms with Gasteiger partial charge in [0.25, 0.3) is 0 Å². The van der Waals surface area contributed by atoms with Gasteiger partial charge in [-0.05, 0) is 62.3 Å². The third kappa shape index (κ3) is 2.39. The van der Waals surface area contributed by atoms with E-state index in [1.165, 1.54) is 41.3 Å². The van der Waals surface area contributed by atoms with Crippen molar-refractivity contribution < 1.29 is 4.74 Å². The highest BCUT2D eigenvalue weighted by atomic mass is 79.9. The fourth-order valence-electron chi connectivity index (χ4n) is 4.19. The first-order valence-electron chi connectivity index (χ1n) is 7.68. The Hall–Kier alpha value is -0.540. The minimum absolute atomic E-state index is 0.426. The number of hydrogen-bond acceptors (Lipinski definition) is 2. The lowest BCUT2D eigenvalue weighted by molar-refractivity contribution is 0.390. The largest absolute Gasteiger partial charge is 0.496 e. The molecular formula is C17H24BrNO. The average Bonchev–Trinajstić information content (AvgIpc) is 3.18. The second kappa shape index (κ2) is 5.69. The second-order valence-corrected chi connectivity index (χ2v) is 7.15. The first-order valence-corrected chi connectivity index (χ1v) is 8.48. The first-order chi connectivity index (χ1) is 9.67. The molecule has 1 aromatic carbocycles. The van der Waals surface area contributed by atoms with Gasteiger partial charge in [0.2, 0.25) is 0 Å². The van der Waals surface area contributed by atoms with Gasteiger partial charge in [0.1, 0.15) is 5.75 Å². The molecule has 0 aliphatic heterocycles. The van der Waals surface area contributed by atoms with Crippen molar-refractivity contribution in [1.82, 2.24) is 5.32 Å². The molecule has 2 fully saturated rings. The first kappa shape index (κ1) is 14.4. The molecule has 20 heavy (non-hydrogen) atoms. The van der Waals surface area contributed by atoms with Crippen molar-refractivity contribution in [3.05, 3.63) is 27.7 Å². The van der Waals surface area contributed by atoms with Crippen LogP contribution in [0.25, 0.3) is 0 Å². The van der Waals surface area contributed by atoms with E-state index in [4.69, 9.17) is 4.74 Å². The molecule has 2 saturated carbocycles.